The van der Waals surface area contributed by atoms with E-state index in [0.717, 1.165) is 21.7 Å². The summed E-state index contributed by atoms with van der Waals surface area (Å²) in [5, 5.41) is 27.2. The van der Waals surface area contributed by atoms with Crippen LogP contribution in [0.15, 0.2) is 35.7 Å². The van der Waals surface area contributed by atoms with E-state index in [1.807, 2.05) is 29.6 Å². The number of hydrogen-bond acceptors (Lipinski definition) is 7. The smallest absolute Gasteiger partial charge is 0.244 e. The van der Waals surface area contributed by atoms with Gasteiger partial charge in [0, 0.05) is 12.0 Å². The second-order valence-electron chi connectivity index (χ2n) is 5.99. The van der Waals surface area contributed by atoms with Crippen molar-refractivity contribution in [3.63, 3.8) is 0 Å². The highest BCUT2D eigenvalue weighted by molar-refractivity contribution is 7.13. The Morgan fingerprint density at radius 2 is 2.00 bits per heavy atom. The normalized spacial score (nSPS) is 18.3. The van der Waals surface area contributed by atoms with Gasteiger partial charge >= 0.3 is 0 Å². The van der Waals surface area contributed by atoms with Gasteiger partial charge < -0.3 is 14.2 Å². The van der Waals surface area contributed by atoms with Crippen molar-refractivity contribution in [2.45, 2.75) is 5.92 Å². The molecule has 0 spiro atoms. The highest BCUT2D eigenvalue weighted by Crippen LogP contribution is 2.47. The number of thiophene rings is 1. The topological polar surface area (TPSA) is 104 Å². The van der Waals surface area contributed by atoms with Gasteiger partial charge in [0.2, 0.25) is 11.8 Å². The summed E-state index contributed by atoms with van der Waals surface area (Å²) in [5.41, 5.74) is 2.35. The van der Waals surface area contributed by atoms with Crippen molar-refractivity contribution in [3.05, 3.63) is 46.8 Å². The molecule has 1 aliphatic heterocycles. The van der Waals surface area contributed by atoms with Crippen molar-refractivity contribution in [3.8, 4) is 34.0 Å². The average molecular weight is 380 g/mol. The first kappa shape index (κ1) is 17.1. The number of hydrogen-bond donors (Lipinski definition) is 2. The summed E-state index contributed by atoms with van der Waals surface area (Å²) in [4.78, 5) is 0.984. The van der Waals surface area contributed by atoms with E-state index in [0.29, 0.717) is 17.4 Å². The highest BCUT2D eigenvalue weighted by atomic mass is 32.1. The second kappa shape index (κ2) is 6.78. The van der Waals surface area contributed by atoms with Gasteiger partial charge in [-0.25, -0.2) is 0 Å². The van der Waals surface area contributed by atoms with Crippen molar-refractivity contribution < 1.29 is 14.2 Å². The standard InChI is InChI=1S/C19H16N4O3S/c1-24-11-6-10(7-12(8-11)25-2)15-13(9-20)18(21)26-19-16(15)17(22-23-19)14-4-3-5-27-14/h3-8,13,15,21H,1-2H3,(H,22,23). The van der Waals surface area contributed by atoms with Crippen LogP contribution in [0.4, 0.5) is 0 Å². The number of nitrogens with zero attached hydrogens (tertiary/aromatic N) is 2. The summed E-state index contributed by atoms with van der Waals surface area (Å²) in [7, 11) is 3.15. The Labute approximate surface area is 159 Å². The maximum Gasteiger partial charge on any atom is 0.244 e. The fourth-order valence-electron chi connectivity index (χ4n) is 3.30. The van der Waals surface area contributed by atoms with Gasteiger partial charge in [0.15, 0.2) is 0 Å². The van der Waals surface area contributed by atoms with Crippen LogP contribution in [0.25, 0.3) is 10.6 Å². The van der Waals surface area contributed by atoms with Crippen LogP contribution in [0.3, 0.4) is 0 Å². The zero-order valence-corrected chi connectivity index (χ0v) is 15.5. The van der Waals surface area contributed by atoms with Crippen molar-refractivity contribution in [1.82, 2.24) is 10.2 Å². The van der Waals surface area contributed by atoms with Crippen LogP contribution in [-0.4, -0.2) is 30.3 Å². The number of H-pyrrole nitrogens is 1. The zero-order chi connectivity index (χ0) is 19.0. The lowest BCUT2D eigenvalue weighted by Gasteiger charge is -2.28. The number of aromatic nitrogens is 2. The number of rotatable bonds is 4. The number of nitrogens with one attached hydrogen (secondary N) is 2. The van der Waals surface area contributed by atoms with Gasteiger partial charge in [-0.2, -0.15) is 5.26 Å². The summed E-state index contributed by atoms with van der Waals surface area (Å²) >= 11 is 1.56. The molecular formula is C19H16N4O3S. The van der Waals surface area contributed by atoms with E-state index in [4.69, 9.17) is 19.6 Å². The SMILES string of the molecule is COc1cc(OC)cc(C2c3c(n[nH]c3-c3cccs3)OC(=N)C2C#N)c1. The van der Waals surface area contributed by atoms with Crippen molar-refractivity contribution in [1.29, 1.82) is 10.7 Å². The van der Waals surface area contributed by atoms with Crippen LogP contribution in [0.2, 0.25) is 0 Å². The van der Waals surface area contributed by atoms with Gasteiger partial charge in [-0.1, -0.05) is 6.07 Å². The molecule has 0 bridgehead atoms. The number of benzene rings is 1. The number of fused-ring (bicyclic) bond motifs is 1. The fraction of sp³-hybridized carbons (Fsp3) is 0.211. The summed E-state index contributed by atoms with van der Waals surface area (Å²) in [6, 6.07) is 11.6. The molecule has 27 heavy (non-hydrogen) atoms. The molecule has 8 heteroatoms. The maximum absolute atomic E-state index is 9.77. The van der Waals surface area contributed by atoms with Crippen LogP contribution in [0.1, 0.15) is 17.0 Å². The molecular weight excluding hydrogens is 364 g/mol. The minimum Gasteiger partial charge on any atom is -0.497 e. The summed E-state index contributed by atoms with van der Waals surface area (Å²) in [6.45, 7) is 0. The van der Waals surface area contributed by atoms with Gasteiger partial charge in [0.25, 0.3) is 0 Å². The molecule has 0 saturated carbocycles. The third kappa shape index (κ3) is 2.82. The van der Waals surface area contributed by atoms with Crippen molar-refractivity contribution in [2.75, 3.05) is 14.2 Å². The summed E-state index contributed by atoms with van der Waals surface area (Å²) in [5.74, 6) is 0.197. The van der Waals surface area contributed by atoms with Crippen LogP contribution in [0, 0.1) is 22.7 Å². The Balaban J connectivity index is 1.95. The molecule has 2 atom stereocenters. The van der Waals surface area contributed by atoms with Crippen LogP contribution < -0.4 is 14.2 Å². The number of aromatic amines is 1. The highest BCUT2D eigenvalue weighted by Gasteiger charge is 2.41. The monoisotopic (exact) mass is 380 g/mol. The van der Waals surface area contributed by atoms with Gasteiger partial charge in [-0.3, -0.25) is 10.5 Å². The van der Waals surface area contributed by atoms with Crippen LogP contribution in [0.5, 0.6) is 17.4 Å². The van der Waals surface area contributed by atoms with E-state index in [1.165, 1.54) is 0 Å². The summed E-state index contributed by atoms with van der Waals surface area (Å²) < 4.78 is 16.3. The maximum atomic E-state index is 9.77. The number of ether oxygens (including phenoxy) is 3. The Morgan fingerprint density at radius 3 is 2.59 bits per heavy atom. The van der Waals surface area contributed by atoms with Crippen LogP contribution >= 0.6 is 11.3 Å². The first-order valence-corrected chi connectivity index (χ1v) is 9.05. The average Bonchev–Trinajstić information content (AvgIpc) is 3.35. The third-order valence-electron chi connectivity index (χ3n) is 4.54. The second-order valence-corrected chi connectivity index (χ2v) is 6.94. The quantitative estimate of drug-likeness (QED) is 0.716. The first-order chi connectivity index (χ1) is 13.2. The molecule has 0 fully saturated rings. The molecule has 0 radical (unpaired) electrons. The van der Waals surface area contributed by atoms with E-state index in [9.17, 15) is 5.26 Å². The predicted molar refractivity (Wildman–Crippen MR) is 101 cm³/mol. The van der Waals surface area contributed by atoms with Gasteiger partial charge in [0.05, 0.1) is 36.4 Å². The molecule has 3 aromatic rings. The van der Waals surface area contributed by atoms with Crippen LogP contribution in [-0.2, 0) is 0 Å². The molecule has 0 saturated heterocycles. The fourth-order valence-corrected chi connectivity index (χ4v) is 4.03. The molecule has 7 nitrogen and oxygen atoms in total. The van der Waals surface area contributed by atoms with Gasteiger partial charge in [0.1, 0.15) is 17.4 Å². The molecule has 136 valence electrons. The number of nitriles is 1. The van der Waals surface area contributed by atoms with Crippen molar-refractivity contribution in [2.24, 2.45) is 5.92 Å². The Kier molecular flexibility index (Phi) is 4.30. The lowest BCUT2D eigenvalue weighted by atomic mass is 9.79. The third-order valence-corrected chi connectivity index (χ3v) is 5.43. The minimum absolute atomic E-state index is 0.124. The molecule has 1 aromatic carbocycles. The van der Waals surface area contributed by atoms with E-state index in [2.05, 4.69) is 16.3 Å². The van der Waals surface area contributed by atoms with E-state index in [-0.39, 0.29) is 5.90 Å². The largest absolute Gasteiger partial charge is 0.497 e. The lowest BCUT2D eigenvalue weighted by molar-refractivity contribution is 0.391. The van der Waals surface area contributed by atoms with Gasteiger partial charge in [-0.05, 0) is 29.1 Å². The number of methoxy groups -OCH3 is 2. The Morgan fingerprint density at radius 1 is 1.26 bits per heavy atom. The minimum atomic E-state index is -0.786. The molecule has 0 aliphatic carbocycles. The molecule has 2 unspecified atom stereocenters. The Hall–Kier alpha value is -3.31. The van der Waals surface area contributed by atoms with Crippen molar-refractivity contribution >= 4 is 17.2 Å². The first-order valence-electron chi connectivity index (χ1n) is 8.17. The van der Waals surface area contributed by atoms with E-state index in [1.54, 1.807) is 31.6 Å². The predicted octanol–water partition coefficient (Wildman–Crippen LogP) is 3.80. The lowest BCUT2D eigenvalue weighted by Crippen LogP contribution is -2.30. The molecule has 2 N–H and O–H groups in total. The molecule has 1 aliphatic rings. The molecule has 4 rings (SSSR count). The van der Waals surface area contributed by atoms with E-state index >= 15 is 0 Å². The molecule has 3 heterocycles. The van der Waals surface area contributed by atoms with E-state index < -0.39 is 11.8 Å². The van der Waals surface area contributed by atoms with Gasteiger partial charge in [-0.15, -0.1) is 16.4 Å². The summed E-state index contributed by atoms with van der Waals surface area (Å²) in [6.07, 6.45) is 0. The molecule has 2 aromatic heterocycles. The molecule has 0 amide bonds. The Bertz CT molecular complexity index is 1010. The zero-order valence-electron chi connectivity index (χ0n) is 14.6.